The van der Waals surface area contributed by atoms with E-state index in [9.17, 15) is 19.5 Å². The fraction of sp³-hybridized carbons (Fsp3) is 0.545. The first kappa shape index (κ1) is 15.5. The summed E-state index contributed by atoms with van der Waals surface area (Å²) in [4.78, 5) is 35.9. The predicted molar refractivity (Wildman–Crippen MR) is 73.8 cm³/mol. The number of nitrogens with zero attached hydrogens (tertiary/aromatic N) is 1. The van der Waals surface area contributed by atoms with Crippen LogP contribution >= 0.6 is 0 Å². The second-order valence-corrected chi connectivity index (χ2v) is 4.91. The number of aliphatic hydroxyl groups excluding tert-OH is 1. The highest BCUT2D eigenvalue weighted by Crippen LogP contribution is 2.27. The molecule has 1 aromatic rings. The molecule has 0 saturated carbocycles. The predicted octanol–water partition coefficient (Wildman–Crippen LogP) is -1.89. The number of aromatic nitrogens is 2. The summed E-state index contributed by atoms with van der Waals surface area (Å²) in [5.41, 5.74) is -0.708. The number of ether oxygens (including phenoxy) is 1. The summed E-state index contributed by atoms with van der Waals surface area (Å²) in [6.07, 6.45) is 0.411. The van der Waals surface area contributed by atoms with Crippen LogP contribution in [-0.4, -0.2) is 51.8 Å². The Morgan fingerprint density at radius 1 is 1.62 bits per heavy atom. The van der Waals surface area contributed by atoms with Crippen molar-refractivity contribution < 1.29 is 19.7 Å². The van der Waals surface area contributed by atoms with Crippen LogP contribution in [0.1, 0.15) is 18.2 Å². The van der Waals surface area contributed by atoms with E-state index in [1.165, 1.54) is 10.8 Å². The highest BCUT2D eigenvalue weighted by molar-refractivity contribution is 6.69. The van der Waals surface area contributed by atoms with Gasteiger partial charge in [0.25, 0.3) is 11.4 Å². The number of aromatic amines is 1. The minimum Gasteiger partial charge on any atom is -0.488 e. The molecular weight excluding hydrogens is 281 g/mol. The van der Waals surface area contributed by atoms with E-state index in [1.54, 1.807) is 6.92 Å². The van der Waals surface area contributed by atoms with E-state index < -0.39 is 35.5 Å². The van der Waals surface area contributed by atoms with E-state index in [0.29, 0.717) is 12.0 Å². The van der Waals surface area contributed by atoms with E-state index >= 15 is 0 Å². The lowest BCUT2D eigenvalue weighted by molar-refractivity contribution is -0.0280. The fourth-order valence-corrected chi connectivity index (χ4v) is 2.30. The molecule has 0 amide bonds. The minimum absolute atomic E-state index is 0.267. The average molecular weight is 297 g/mol. The third-order valence-electron chi connectivity index (χ3n) is 3.39. The molecule has 0 aliphatic carbocycles. The molecule has 0 spiro atoms. The lowest BCUT2D eigenvalue weighted by atomic mass is 9.92. The number of nitrogens with one attached hydrogen (secondary N) is 2. The first-order valence-corrected chi connectivity index (χ1v) is 6.46. The van der Waals surface area contributed by atoms with E-state index in [-0.39, 0.29) is 14.0 Å². The molecular formula is C11H16BN3O6. The van der Waals surface area contributed by atoms with Gasteiger partial charge in [-0.1, -0.05) is 0 Å². The summed E-state index contributed by atoms with van der Waals surface area (Å²) < 4.78 is 6.79. The molecule has 0 bridgehead atoms. The number of hydrogen-bond acceptors (Lipinski definition) is 6. The number of rotatable bonds is 5. The molecule has 1 saturated heterocycles. The van der Waals surface area contributed by atoms with Gasteiger partial charge in [0.2, 0.25) is 0 Å². The van der Waals surface area contributed by atoms with Crippen molar-refractivity contribution in [1.82, 2.24) is 14.8 Å². The number of hydrogen-bond donors (Lipinski definition) is 4. The molecule has 1 aromatic heterocycles. The zero-order valence-electron chi connectivity index (χ0n) is 11.4. The van der Waals surface area contributed by atoms with Crippen molar-refractivity contribution in [3.63, 3.8) is 0 Å². The highest BCUT2D eigenvalue weighted by Gasteiger charge is 2.36. The molecule has 0 aromatic carbocycles. The Morgan fingerprint density at radius 3 is 2.95 bits per heavy atom. The van der Waals surface area contributed by atoms with E-state index in [2.05, 4.69) is 10.2 Å². The fourth-order valence-electron chi connectivity index (χ4n) is 2.30. The molecule has 114 valence electrons. The summed E-state index contributed by atoms with van der Waals surface area (Å²) in [6.45, 7) is 1.26. The van der Waals surface area contributed by atoms with Gasteiger partial charge < -0.3 is 20.2 Å². The Bertz CT molecular complexity index is 642. The maximum absolute atomic E-state index is 11.8. The van der Waals surface area contributed by atoms with Gasteiger partial charge in [-0.25, -0.2) is 4.79 Å². The molecule has 0 unspecified atom stereocenters. The normalized spacial score (nSPS) is 25.0. The zero-order valence-corrected chi connectivity index (χ0v) is 11.4. The topological polar surface area (TPSA) is 134 Å². The molecule has 3 atom stereocenters. The smallest absolute Gasteiger partial charge is 0.338 e. The van der Waals surface area contributed by atoms with E-state index in [4.69, 9.17) is 9.84 Å². The maximum atomic E-state index is 11.8. The Hall–Kier alpha value is -1.91. The van der Waals surface area contributed by atoms with Gasteiger partial charge in [-0.2, -0.15) is 0 Å². The van der Waals surface area contributed by atoms with Crippen LogP contribution in [0.3, 0.4) is 0 Å². The van der Waals surface area contributed by atoms with Crippen molar-refractivity contribution in [3.05, 3.63) is 32.6 Å². The van der Waals surface area contributed by atoms with Crippen molar-refractivity contribution in [1.29, 1.82) is 0 Å². The van der Waals surface area contributed by atoms with Gasteiger partial charge in [0.1, 0.15) is 6.23 Å². The van der Waals surface area contributed by atoms with Gasteiger partial charge in [-0.3, -0.25) is 19.1 Å². The lowest BCUT2D eigenvalue weighted by Gasteiger charge is -2.16. The van der Waals surface area contributed by atoms with Crippen molar-refractivity contribution in [2.75, 3.05) is 6.61 Å². The van der Waals surface area contributed by atoms with Crippen molar-refractivity contribution in [2.45, 2.75) is 31.7 Å². The van der Waals surface area contributed by atoms with Gasteiger partial charge in [0, 0.05) is 24.2 Å². The van der Waals surface area contributed by atoms with Crippen LogP contribution in [0.4, 0.5) is 4.79 Å². The Balaban J connectivity index is 2.19. The molecule has 0 radical (unpaired) electrons. The van der Waals surface area contributed by atoms with Crippen LogP contribution in [0, 0.1) is 6.92 Å². The molecule has 9 nitrogen and oxygen atoms in total. The monoisotopic (exact) mass is 297 g/mol. The summed E-state index contributed by atoms with van der Waals surface area (Å²) >= 11 is 0. The van der Waals surface area contributed by atoms with Crippen LogP contribution in [-0.2, 0) is 4.74 Å². The van der Waals surface area contributed by atoms with Gasteiger partial charge in [-0.05, 0) is 6.92 Å². The summed E-state index contributed by atoms with van der Waals surface area (Å²) in [7, 11) is -0.267. The Morgan fingerprint density at radius 2 is 2.33 bits per heavy atom. The molecule has 21 heavy (non-hydrogen) atoms. The summed E-state index contributed by atoms with van der Waals surface area (Å²) in [5.74, 6) is -1.02. The lowest BCUT2D eigenvalue weighted by Crippen LogP contribution is -2.42. The van der Waals surface area contributed by atoms with Gasteiger partial charge in [0.15, 0.2) is 0 Å². The second kappa shape index (κ2) is 6.25. The van der Waals surface area contributed by atoms with Crippen LogP contribution in [0.5, 0.6) is 0 Å². The van der Waals surface area contributed by atoms with Crippen molar-refractivity contribution in [3.8, 4) is 0 Å². The first-order valence-electron chi connectivity index (χ1n) is 6.46. The molecule has 1 fully saturated rings. The molecule has 1 aliphatic rings. The molecule has 4 N–H and O–H groups in total. The summed E-state index contributed by atoms with van der Waals surface area (Å²) in [6, 6.07) is -0.393. The number of carboxylic acid groups (broad SMARTS) is 1. The standard InChI is InChI=1S/C11H16BN3O6/c1-5-3-15(11(20)13-9(5)17)8-2-6(7(4-16)21-8)14-12-10(18)19/h3,6-8,12,14,16H,2,4H2,1H3,(H,18,19)(H,13,17,20)/t6-,7+,8+/m0/s1. The minimum atomic E-state index is -1.02. The van der Waals surface area contributed by atoms with Crippen molar-refractivity contribution >= 4 is 13.3 Å². The molecule has 10 heteroatoms. The Kier molecular flexibility index (Phi) is 4.61. The van der Waals surface area contributed by atoms with Crippen LogP contribution in [0.2, 0.25) is 0 Å². The van der Waals surface area contributed by atoms with Gasteiger partial charge >= 0.3 is 13.1 Å². The van der Waals surface area contributed by atoms with Gasteiger partial charge in [0.05, 0.1) is 12.7 Å². The van der Waals surface area contributed by atoms with E-state index in [0.717, 1.165) is 0 Å². The first-order chi connectivity index (χ1) is 9.92. The molecule has 2 rings (SSSR count). The third-order valence-corrected chi connectivity index (χ3v) is 3.39. The third kappa shape index (κ3) is 3.41. The quantitative estimate of drug-likeness (QED) is 0.467. The molecule has 1 aliphatic heterocycles. The van der Waals surface area contributed by atoms with Crippen LogP contribution < -0.4 is 16.5 Å². The Labute approximate surface area is 119 Å². The number of carbonyl (C=O) groups is 1. The maximum Gasteiger partial charge on any atom is 0.338 e. The second-order valence-electron chi connectivity index (χ2n) is 4.91. The SMILES string of the molecule is Cc1cn([C@H]2C[C@H](NBC(=O)O)[C@@H](CO)O2)c(=O)[nH]c1=O. The zero-order chi connectivity index (χ0) is 15.6. The average Bonchev–Trinajstić information content (AvgIpc) is 2.83. The van der Waals surface area contributed by atoms with Crippen molar-refractivity contribution in [2.24, 2.45) is 0 Å². The van der Waals surface area contributed by atoms with Gasteiger partial charge in [-0.15, -0.1) is 0 Å². The number of aliphatic hydroxyl groups is 1. The van der Waals surface area contributed by atoms with E-state index in [1.807, 2.05) is 0 Å². The largest absolute Gasteiger partial charge is 0.488 e. The van der Waals surface area contributed by atoms with Crippen LogP contribution in [0.25, 0.3) is 0 Å². The number of H-pyrrole nitrogens is 1. The highest BCUT2D eigenvalue weighted by atomic mass is 16.5. The summed E-state index contributed by atoms with van der Waals surface area (Å²) in [5, 5.41) is 20.7. The molecule has 2 heterocycles. The number of aryl methyl sites for hydroxylation is 1. The van der Waals surface area contributed by atoms with Crippen LogP contribution in [0.15, 0.2) is 15.8 Å².